The van der Waals surface area contributed by atoms with E-state index in [1.165, 1.54) is 19.3 Å². The predicted octanol–water partition coefficient (Wildman–Crippen LogP) is 10.8. The van der Waals surface area contributed by atoms with Gasteiger partial charge in [-0.25, -0.2) is 4.57 Å². The van der Waals surface area contributed by atoms with Crippen LogP contribution in [-0.2, 0) is 32.7 Å². The monoisotopic (exact) mass is 804 g/mol. The minimum atomic E-state index is -4.42. The van der Waals surface area contributed by atoms with Crippen molar-refractivity contribution in [1.82, 2.24) is 0 Å². The number of carbonyl (C=O) groups excluding carboxylic acids is 2. The lowest BCUT2D eigenvalue weighted by Gasteiger charge is -2.19. The van der Waals surface area contributed by atoms with Crippen LogP contribution in [0.25, 0.3) is 0 Å². The first kappa shape index (κ1) is 52.9. The average molecular weight is 804 g/mol. The Balaban J connectivity index is 4.40. The standard InChI is InChI=1S/C45H74NO9P/c1-3-4-5-6-7-8-9-10-11-12-15-19-22-25-28-31-34-37-45(49)55-43(41-54-56(50,51)53-39-38-46)40-52-44(48)36-33-30-27-24-21-18-16-13-14-17-20-23-26-29-32-35-42(2)47/h7-8,10-11,14-19,23-28,42-43,47H,3-6,9,12-13,20-22,29-41,46H2,1-2H3,(H,50,51)/b8-7-,11-10-,17-14-,18-16-,19-15-,26-23-,27-24-,28-25-/t42-,43-/m1/s1. The topological polar surface area (TPSA) is 155 Å². The number of nitrogens with two attached hydrogens (primary N) is 1. The van der Waals surface area contributed by atoms with Gasteiger partial charge < -0.3 is 25.2 Å². The van der Waals surface area contributed by atoms with Gasteiger partial charge in [0.15, 0.2) is 6.10 Å². The number of hydrogen-bond donors (Lipinski definition) is 3. The molecule has 0 aliphatic rings. The molecule has 11 heteroatoms. The Morgan fingerprint density at radius 3 is 1.48 bits per heavy atom. The summed E-state index contributed by atoms with van der Waals surface area (Å²) >= 11 is 0. The Labute approximate surface area is 339 Å². The molecule has 0 aliphatic heterocycles. The van der Waals surface area contributed by atoms with E-state index in [9.17, 15) is 24.2 Å². The summed E-state index contributed by atoms with van der Waals surface area (Å²) in [5.74, 6) is -0.989. The van der Waals surface area contributed by atoms with Gasteiger partial charge in [-0.3, -0.25) is 18.6 Å². The van der Waals surface area contributed by atoms with Crippen molar-refractivity contribution in [3.8, 4) is 0 Å². The molecule has 0 rings (SSSR count). The van der Waals surface area contributed by atoms with Crippen LogP contribution in [0.2, 0.25) is 0 Å². The zero-order chi connectivity index (χ0) is 41.2. The molecule has 0 aromatic heterocycles. The Morgan fingerprint density at radius 2 is 1.04 bits per heavy atom. The normalized spacial score (nSPS) is 14.9. The van der Waals surface area contributed by atoms with E-state index in [4.69, 9.17) is 24.3 Å². The van der Waals surface area contributed by atoms with Crippen molar-refractivity contribution in [3.63, 3.8) is 0 Å². The first-order valence-electron chi connectivity index (χ1n) is 20.7. The van der Waals surface area contributed by atoms with E-state index < -0.39 is 32.5 Å². The van der Waals surface area contributed by atoms with Gasteiger partial charge in [0.25, 0.3) is 0 Å². The molecule has 0 bridgehead atoms. The molecule has 0 spiro atoms. The fourth-order valence-corrected chi connectivity index (χ4v) is 5.64. The summed E-state index contributed by atoms with van der Waals surface area (Å²) in [7, 11) is -4.42. The molecule has 0 aliphatic carbocycles. The highest BCUT2D eigenvalue weighted by atomic mass is 31.2. The van der Waals surface area contributed by atoms with Gasteiger partial charge in [-0.1, -0.05) is 117 Å². The molecule has 0 fully saturated rings. The van der Waals surface area contributed by atoms with Crippen molar-refractivity contribution >= 4 is 19.8 Å². The van der Waals surface area contributed by atoms with Gasteiger partial charge in [0.1, 0.15) is 6.61 Å². The van der Waals surface area contributed by atoms with Gasteiger partial charge in [0.05, 0.1) is 19.3 Å². The van der Waals surface area contributed by atoms with Crippen LogP contribution < -0.4 is 5.73 Å². The molecule has 0 aromatic rings. The minimum Gasteiger partial charge on any atom is -0.462 e. The number of carbonyl (C=O) groups is 2. The van der Waals surface area contributed by atoms with Crippen LogP contribution in [0.3, 0.4) is 0 Å². The Hall–Kier alpha value is -3.11. The first-order valence-corrected chi connectivity index (χ1v) is 22.2. The zero-order valence-corrected chi connectivity index (χ0v) is 35.3. The molecule has 3 atom stereocenters. The summed E-state index contributed by atoms with van der Waals surface area (Å²) in [6.45, 7) is 3.08. The highest BCUT2D eigenvalue weighted by Gasteiger charge is 2.25. The van der Waals surface area contributed by atoms with Crippen LogP contribution in [0.15, 0.2) is 97.2 Å². The molecule has 318 valence electrons. The van der Waals surface area contributed by atoms with E-state index in [2.05, 4.69) is 92.0 Å². The maximum absolute atomic E-state index is 12.5. The number of phosphoric acid groups is 1. The lowest BCUT2D eigenvalue weighted by Crippen LogP contribution is -2.29. The molecule has 0 heterocycles. The molecular formula is C45H74NO9P. The third-order valence-corrected chi connectivity index (χ3v) is 8.95. The third-order valence-electron chi connectivity index (χ3n) is 7.96. The Bertz CT molecular complexity index is 1250. The van der Waals surface area contributed by atoms with Gasteiger partial charge in [-0.05, 0) is 103 Å². The number of hydrogen-bond acceptors (Lipinski definition) is 9. The molecule has 1 unspecified atom stereocenters. The van der Waals surface area contributed by atoms with Crippen LogP contribution in [0.1, 0.15) is 136 Å². The quantitative estimate of drug-likeness (QED) is 0.0239. The number of esters is 2. The van der Waals surface area contributed by atoms with Crippen molar-refractivity contribution in [3.05, 3.63) is 97.2 Å². The maximum Gasteiger partial charge on any atom is 0.472 e. The van der Waals surface area contributed by atoms with Crippen molar-refractivity contribution in [2.45, 2.75) is 148 Å². The first-order chi connectivity index (χ1) is 27.2. The molecule has 0 saturated heterocycles. The van der Waals surface area contributed by atoms with Gasteiger partial charge in [0, 0.05) is 19.4 Å². The summed E-state index contributed by atoms with van der Waals surface area (Å²) in [6, 6.07) is 0. The number of allylic oxidation sites excluding steroid dienone is 16. The van der Waals surface area contributed by atoms with Crippen molar-refractivity contribution in [2.24, 2.45) is 5.73 Å². The van der Waals surface area contributed by atoms with Gasteiger partial charge >= 0.3 is 19.8 Å². The molecule has 10 nitrogen and oxygen atoms in total. The molecule has 0 radical (unpaired) electrons. The second-order valence-electron chi connectivity index (χ2n) is 13.4. The van der Waals surface area contributed by atoms with Gasteiger partial charge in [0.2, 0.25) is 0 Å². The van der Waals surface area contributed by atoms with E-state index in [0.29, 0.717) is 25.7 Å². The lowest BCUT2D eigenvalue weighted by atomic mass is 10.1. The smallest absolute Gasteiger partial charge is 0.462 e. The number of ether oxygens (including phenoxy) is 2. The lowest BCUT2D eigenvalue weighted by molar-refractivity contribution is -0.161. The number of aliphatic hydroxyl groups is 1. The Morgan fingerprint density at radius 1 is 0.607 bits per heavy atom. The molecule has 0 saturated carbocycles. The van der Waals surface area contributed by atoms with E-state index in [1.54, 1.807) is 0 Å². The predicted molar refractivity (Wildman–Crippen MR) is 230 cm³/mol. The van der Waals surface area contributed by atoms with Crippen LogP contribution in [0, 0.1) is 0 Å². The molecule has 56 heavy (non-hydrogen) atoms. The number of phosphoric ester groups is 1. The van der Waals surface area contributed by atoms with Crippen LogP contribution >= 0.6 is 7.82 Å². The highest BCUT2D eigenvalue weighted by molar-refractivity contribution is 7.47. The average Bonchev–Trinajstić information content (AvgIpc) is 3.17. The second kappa shape index (κ2) is 40.1. The van der Waals surface area contributed by atoms with E-state index in [1.807, 2.05) is 19.1 Å². The van der Waals surface area contributed by atoms with Crippen LogP contribution in [-0.4, -0.2) is 60.5 Å². The number of unbranched alkanes of at least 4 members (excludes halogenated alkanes) is 6. The van der Waals surface area contributed by atoms with E-state index in [0.717, 1.165) is 64.2 Å². The van der Waals surface area contributed by atoms with E-state index in [-0.39, 0.29) is 38.7 Å². The van der Waals surface area contributed by atoms with Crippen molar-refractivity contribution < 1.29 is 42.7 Å². The van der Waals surface area contributed by atoms with Crippen molar-refractivity contribution in [2.75, 3.05) is 26.4 Å². The van der Waals surface area contributed by atoms with E-state index >= 15 is 0 Å². The second-order valence-corrected chi connectivity index (χ2v) is 14.9. The summed E-state index contributed by atoms with van der Waals surface area (Å²) in [5, 5.41) is 9.26. The number of rotatable bonds is 37. The van der Waals surface area contributed by atoms with Gasteiger partial charge in [-0.2, -0.15) is 0 Å². The summed E-state index contributed by atoms with van der Waals surface area (Å²) < 4.78 is 32.6. The third kappa shape index (κ3) is 40.6. The molecule has 0 aromatic carbocycles. The fraction of sp³-hybridized carbons (Fsp3) is 0.600. The number of aliphatic hydroxyl groups excluding tert-OH is 1. The fourth-order valence-electron chi connectivity index (χ4n) is 4.87. The minimum absolute atomic E-state index is 0.0270. The summed E-state index contributed by atoms with van der Waals surface area (Å²) in [5.41, 5.74) is 5.33. The Kier molecular flexibility index (Phi) is 37.9. The molecule has 0 amide bonds. The zero-order valence-electron chi connectivity index (χ0n) is 34.4. The van der Waals surface area contributed by atoms with Crippen molar-refractivity contribution in [1.29, 1.82) is 0 Å². The summed E-state index contributed by atoms with van der Waals surface area (Å²) in [4.78, 5) is 34.8. The maximum atomic E-state index is 12.5. The van der Waals surface area contributed by atoms with Crippen LogP contribution in [0.4, 0.5) is 0 Å². The SMILES string of the molecule is CCCCC/C=C\C/C=C\C/C=C\C/C=C\CCCC(=O)O[C@H](COC(=O)CCC/C=C\C/C=C\C/C=C\C/C=C\CCC[C@@H](C)O)COP(=O)(O)OCCN. The largest absolute Gasteiger partial charge is 0.472 e. The van der Waals surface area contributed by atoms with Gasteiger partial charge in [-0.15, -0.1) is 0 Å². The van der Waals surface area contributed by atoms with Crippen LogP contribution in [0.5, 0.6) is 0 Å². The highest BCUT2D eigenvalue weighted by Crippen LogP contribution is 2.43. The summed E-state index contributed by atoms with van der Waals surface area (Å²) in [6.07, 6.45) is 48.7. The molecule has 4 N–H and O–H groups in total. The molecular weight excluding hydrogens is 729 g/mol.